The maximum absolute atomic E-state index is 13.2. The molecule has 0 saturated carbocycles. The highest BCUT2D eigenvalue weighted by molar-refractivity contribution is 7.19. The average Bonchev–Trinajstić information content (AvgIpc) is 2.97. The lowest BCUT2D eigenvalue weighted by Gasteiger charge is -2.09. The van der Waals surface area contributed by atoms with Gasteiger partial charge >= 0.3 is 0 Å². The minimum atomic E-state index is 0.0245. The van der Waals surface area contributed by atoms with E-state index in [0.29, 0.717) is 6.54 Å². The van der Waals surface area contributed by atoms with Crippen molar-refractivity contribution in [3.63, 3.8) is 0 Å². The van der Waals surface area contributed by atoms with Gasteiger partial charge in [-0.3, -0.25) is 9.36 Å². The largest absolute Gasteiger partial charge is 0.294 e. The highest BCUT2D eigenvalue weighted by Crippen LogP contribution is 2.35. The van der Waals surface area contributed by atoms with Crippen LogP contribution in [-0.4, -0.2) is 9.55 Å². The summed E-state index contributed by atoms with van der Waals surface area (Å²) < 4.78 is 1.71. The first-order valence-electron chi connectivity index (χ1n) is 8.23. The molecule has 0 bridgehead atoms. The second-order valence-electron chi connectivity index (χ2n) is 6.18. The van der Waals surface area contributed by atoms with Crippen LogP contribution in [0.5, 0.6) is 0 Å². The summed E-state index contributed by atoms with van der Waals surface area (Å²) >= 11 is 1.58. The van der Waals surface area contributed by atoms with Gasteiger partial charge in [0.2, 0.25) is 0 Å². The maximum atomic E-state index is 13.2. The summed E-state index contributed by atoms with van der Waals surface area (Å²) in [5.41, 5.74) is 4.42. The van der Waals surface area contributed by atoms with E-state index in [-0.39, 0.29) is 5.56 Å². The monoisotopic (exact) mass is 346 g/mol. The van der Waals surface area contributed by atoms with Crippen molar-refractivity contribution in [3.05, 3.63) is 87.3 Å². The summed E-state index contributed by atoms with van der Waals surface area (Å²) in [4.78, 5) is 19.7. The van der Waals surface area contributed by atoms with E-state index < -0.39 is 0 Å². The molecular weight excluding hydrogens is 328 g/mol. The predicted octanol–water partition coefficient (Wildman–Crippen LogP) is 4.79. The Labute approximate surface area is 150 Å². The number of aromatic nitrogens is 2. The molecule has 4 rings (SSSR count). The topological polar surface area (TPSA) is 34.9 Å². The van der Waals surface area contributed by atoms with E-state index in [1.165, 1.54) is 5.56 Å². The lowest BCUT2D eigenvalue weighted by atomic mass is 10.0. The summed E-state index contributed by atoms with van der Waals surface area (Å²) in [6, 6.07) is 18.2. The third-order valence-corrected chi connectivity index (χ3v) is 5.53. The number of thiophene rings is 1. The van der Waals surface area contributed by atoms with Crippen molar-refractivity contribution < 1.29 is 0 Å². The van der Waals surface area contributed by atoms with Gasteiger partial charge in [-0.25, -0.2) is 4.98 Å². The zero-order chi connectivity index (χ0) is 17.4. The number of nitrogens with zero attached hydrogens (tertiary/aromatic N) is 2. The lowest BCUT2D eigenvalue weighted by Crippen LogP contribution is -2.21. The van der Waals surface area contributed by atoms with Crippen LogP contribution in [0, 0.1) is 13.8 Å². The van der Waals surface area contributed by atoms with E-state index in [9.17, 15) is 4.79 Å². The van der Waals surface area contributed by atoms with Gasteiger partial charge in [-0.15, -0.1) is 11.3 Å². The molecule has 0 aliphatic rings. The Hall–Kier alpha value is -2.72. The molecule has 0 N–H and O–H groups in total. The van der Waals surface area contributed by atoms with Crippen LogP contribution in [0.25, 0.3) is 21.3 Å². The van der Waals surface area contributed by atoms with Crippen molar-refractivity contribution >= 4 is 21.6 Å². The molecule has 124 valence electrons. The number of benzene rings is 2. The van der Waals surface area contributed by atoms with Gasteiger partial charge in [-0.2, -0.15) is 0 Å². The summed E-state index contributed by atoms with van der Waals surface area (Å²) in [5, 5.41) is 0.727. The molecule has 2 heterocycles. The summed E-state index contributed by atoms with van der Waals surface area (Å²) in [6.07, 6.45) is 1.67. The Balaban J connectivity index is 1.91. The fourth-order valence-electron chi connectivity index (χ4n) is 3.17. The van der Waals surface area contributed by atoms with Crippen molar-refractivity contribution in [3.8, 4) is 11.1 Å². The molecule has 0 amide bonds. The first-order chi connectivity index (χ1) is 12.1. The number of fused-ring (bicyclic) bond motifs is 1. The van der Waals surface area contributed by atoms with E-state index in [0.717, 1.165) is 31.8 Å². The smallest absolute Gasteiger partial charge is 0.263 e. The molecule has 0 aliphatic carbocycles. The van der Waals surface area contributed by atoms with E-state index in [1.807, 2.05) is 42.5 Å². The Morgan fingerprint density at radius 2 is 1.72 bits per heavy atom. The van der Waals surface area contributed by atoms with Gasteiger partial charge in [-0.1, -0.05) is 54.6 Å². The van der Waals surface area contributed by atoms with Crippen molar-refractivity contribution in [2.45, 2.75) is 20.4 Å². The molecule has 0 unspecified atom stereocenters. The van der Waals surface area contributed by atoms with Crippen LogP contribution >= 0.6 is 11.3 Å². The molecule has 2 aromatic heterocycles. The summed E-state index contributed by atoms with van der Waals surface area (Å²) in [6.45, 7) is 4.66. The Morgan fingerprint density at radius 3 is 2.48 bits per heavy atom. The summed E-state index contributed by atoms with van der Waals surface area (Å²) in [7, 11) is 0. The molecule has 4 heteroatoms. The SMILES string of the molecule is Cc1ccccc1Cn1cnc2sc(C)c(-c3ccccc3)c2c1=O. The van der Waals surface area contributed by atoms with Crippen LogP contribution in [0.1, 0.15) is 16.0 Å². The van der Waals surface area contributed by atoms with Gasteiger partial charge < -0.3 is 0 Å². The van der Waals surface area contributed by atoms with Gasteiger partial charge in [0.1, 0.15) is 4.83 Å². The van der Waals surface area contributed by atoms with Crippen molar-refractivity contribution in [1.29, 1.82) is 0 Å². The predicted molar refractivity (Wildman–Crippen MR) is 104 cm³/mol. The maximum Gasteiger partial charge on any atom is 0.263 e. The summed E-state index contributed by atoms with van der Waals surface area (Å²) in [5.74, 6) is 0. The highest BCUT2D eigenvalue weighted by Gasteiger charge is 2.16. The van der Waals surface area contributed by atoms with Crippen LogP contribution in [0.3, 0.4) is 0 Å². The number of hydrogen-bond acceptors (Lipinski definition) is 3. The number of rotatable bonds is 3. The first kappa shape index (κ1) is 15.8. The molecule has 0 aliphatic heterocycles. The molecule has 0 spiro atoms. The normalized spacial score (nSPS) is 11.1. The van der Waals surface area contributed by atoms with E-state index >= 15 is 0 Å². The van der Waals surface area contributed by atoms with Crippen LogP contribution < -0.4 is 5.56 Å². The highest BCUT2D eigenvalue weighted by atomic mass is 32.1. The molecule has 2 aromatic carbocycles. The van der Waals surface area contributed by atoms with Gasteiger partial charge in [-0.05, 0) is 30.5 Å². The fraction of sp³-hybridized carbons (Fsp3) is 0.143. The quantitative estimate of drug-likeness (QED) is 0.534. The Kier molecular flexibility index (Phi) is 3.98. The third kappa shape index (κ3) is 2.79. The zero-order valence-electron chi connectivity index (χ0n) is 14.2. The molecule has 0 fully saturated rings. The third-order valence-electron chi connectivity index (χ3n) is 4.52. The number of aryl methyl sites for hydroxylation is 2. The first-order valence-corrected chi connectivity index (χ1v) is 9.05. The van der Waals surface area contributed by atoms with E-state index in [1.54, 1.807) is 22.2 Å². The van der Waals surface area contributed by atoms with Crippen molar-refractivity contribution in [1.82, 2.24) is 9.55 Å². The number of hydrogen-bond donors (Lipinski definition) is 0. The standard InChI is InChI=1S/C21H18N2OS/c1-14-8-6-7-11-17(14)12-23-13-22-20-19(21(23)24)18(15(2)25-20)16-9-4-3-5-10-16/h3-11,13H,12H2,1-2H3. The minimum absolute atomic E-state index is 0.0245. The second kappa shape index (κ2) is 6.30. The van der Waals surface area contributed by atoms with E-state index in [4.69, 9.17) is 0 Å². The van der Waals surface area contributed by atoms with Crippen LogP contribution in [0.15, 0.2) is 65.7 Å². The average molecular weight is 346 g/mol. The molecule has 0 atom stereocenters. The second-order valence-corrected chi connectivity index (χ2v) is 7.39. The van der Waals surface area contributed by atoms with Gasteiger partial charge in [0, 0.05) is 10.4 Å². The van der Waals surface area contributed by atoms with Gasteiger partial charge in [0.15, 0.2) is 0 Å². The van der Waals surface area contributed by atoms with Crippen molar-refractivity contribution in [2.24, 2.45) is 0 Å². The van der Waals surface area contributed by atoms with Crippen LogP contribution in [0.4, 0.5) is 0 Å². The van der Waals surface area contributed by atoms with Crippen LogP contribution in [-0.2, 0) is 6.54 Å². The molecular formula is C21H18N2OS. The molecule has 4 aromatic rings. The van der Waals surface area contributed by atoms with E-state index in [2.05, 4.69) is 31.0 Å². The van der Waals surface area contributed by atoms with Crippen molar-refractivity contribution in [2.75, 3.05) is 0 Å². The molecule has 0 radical (unpaired) electrons. The Morgan fingerprint density at radius 1 is 1.00 bits per heavy atom. The lowest BCUT2D eigenvalue weighted by molar-refractivity contribution is 0.745. The van der Waals surface area contributed by atoms with Gasteiger partial charge in [0.05, 0.1) is 18.3 Å². The molecule has 25 heavy (non-hydrogen) atoms. The fourth-order valence-corrected chi connectivity index (χ4v) is 4.18. The van der Waals surface area contributed by atoms with Crippen LogP contribution in [0.2, 0.25) is 0 Å². The molecule has 0 saturated heterocycles. The van der Waals surface area contributed by atoms with Gasteiger partial charge in [0.25, 0.3) is 5.56 Å². The zero-order valence-corrected chi connectivity index (χ0v) is 15.0. The minimum Gasteiger partial charge on any atom is -0.294 e. The Bertz CT molecular complexity index is 1110. The molecule has 3 nitrogen and oxygen atoms in total.